The first kappa shape index (κ1) is 18.6. The minimum absolute atomic E-state index is 0.0253. The van der Waals surface area contributed by atoms with Crippen molar-refractivity contribution in [1.82, 2.24) is 4.90 Å². The predicted octanol–water partition coefficient (Wildman–Crippen LogP) is 5.23. The lowest BCUT2D eigenvalue weighted by Crippen LogP contribution is -2.51. The van der Waals surface area contributed by atoms with E-state index in [0.29, 0.717) is 17.8 Å². The number of hydrogen-bond donors (Lipinski definition) is 1. The highest BCUT2D eigenvalue weighted by Crippen LogP contribution is 2.49. The number of nitrogens with zero attached hydrogens (tertiary/aromatic N) is 2. The number of amidine groups is 1. The number of hydrogen-bond acceptors (Lipinski definition) is 5. The molecule has 4 nitrogen and oxygen atoms in total. The molecule has 6 heteroatoms. The van der Waals surface area contributed by atoms with E-state index >= 15 is 0 Å². The van der Waals surface area contributed by atoms with Gasteiger partial charge in [-0.3, -0.25) is 10.2 Å². The summed E-state index contributed by atoms with van der Waals surface area (Å²) < 4.78 is 0. The lowest BCUT2D eigenvalue weighted by molar-refractivity contribution is -0.130. The Morgan fingerprint density at radius 3 is 2.75 bits per heavy atom. The minimum atomic E-state index is -0.471. The van der Waals surface area contributed by atoms with Crippen LogP contribution in [-0.4, -0.2) is 23.7 Å². The monoisotopic (exact) mass is 405 g/mol. The van der Waals surface area contributed by atoms with Crippen LogP contribution in [-0.2, 0) is 10.2 Å². The molecule has 1 saturated heterocycles. The number of nitriles is 1. The number of piperidine rings is 1. The predicted molar refractivity (Wildman–Crippen MR) is 114 cm³/mol. The van der Waals surface area contributed by atoms with E-state index in [1.54, 1.807) is 35.8 Å². The Kier molecular flexibility index (Phi) is 4.66. The number of likely N-dealkylation sites (tertiary alicyclic amines) is 1. The van der Waals surface area contributed by atoms with Crippen molar-refractivity contribution in [3.8, 4) is 17.2 Å². The van der Waals surface area contributed by atoms with Crippen molar-refractivity contribution < 1.29 is 4.79 Å². The summed E-state index contributed by atoms with van der Waals surface area (Å²) in [5.74, 6) is 0.0212. The highest BCUT2D eigenvalue weighted by Gasteiger charge is 2.49. The number of nitrogens with one attached hydrogen (secondary N) is 1. The molecular formula is C22H19N3OS2. The lowest BCUT2D eigenvalue weighted by Gasteiger charge is -2.43. The van der Waals surface area contributed by atoms with E-state index < -0.39 is 5.41 Å². The van der Waals surface area contributed by atoms with Gasteiger partial charge in [0.1, 0.15) is 5.84 Å². The topological polar surface area (TPSA) is 68.0 Å². The molecule has 0 radical (unpaired) electrons. The van der Waals surface area contributed by atoms with Crippen molar-refractivity contribution in [2.45, 2.75) is 24.7 Å². The molecule has 1 amide bonds. The van der Waals surface area contributed by atoms with Gasteiger partial charge in [0.2, 0.25) is 5.91 Å². The third kappa shape index (κ3) is 2.97. The fourth-order valence-corrected chi connectivity index (χ4v) is 5.92. The van der Waals surface area contributed by atoms with Gasteiger partial charge < -0.3 is 4.90 Å². The highest BCUT2D eigenvalue weighted by atomic mass is 32.1. The number of benzene rings is 1. The van der Waals surface area contributed by atoms with Crippen LogP contribution in [0.4, 0.5) is 0 Å². The van der Waals surface area contributed by atoms with Crippen LogP contribution in [0.1, 0.15) is 34.6 Å². The van der Waals surface area contributed by atoms with Gasteiger partial charge >= 0.3 is 0 Å². The third-order valence-corrected chi connectivity index (χ3v) is 7.62. The lowest BCUT2D eigenvalue weighted by atomic mass is 9.69. The average Bonchev–Trinajstić information content (AvgIpc) is 3.39. The van der Waals surface area contributed by atoms with Crippen molar-refractivity contribution in [1.29, 1.82) is 10.7 Å². The van der Waals surface area contributed by atoms with Gasteiger partial charge in [-0.1, -0.05) is 25.1 Å². The fraction of sp³-hybridized carbons (Fsp3) is 0.227. The van der Waals surface area contributed by atoms with Crippen LogP contribution in [0.2, 0.25) is 0 Å². The van der Waals surface area contributed by atoms with Crippen LogP contribution in [0, 0.1) is 16.7 Å². The van der Waals surface area contributed by atoms with Gasteiger partial charge in [-0.15, -0.1) is 22.7 Å². The van der Waals surface area contributed by atoms with Gasteiger partial charge in [-0.2, -0.15) is 5.26 Å². The van der Waals surface area contributed by atoms with E-state index in [1.807, 2.05) is 35.7 Å². The molecule has 0 spiro atoms. The number of rotatable bonds is 3. The Morgan fingerprint density at radius 1 is 1.21 bits per heavy atom. The van der Waals surface area contributed by atoms with Crippen LogP contribution >= 0.6 is 22.7 Å². The summed E-state index contributed by atoms with van der Waals surface area (Å²) in [6.07, 6.45) is 0.510. The molecule has 0 bridgehead atoms. The van der Waals surface area contributed by atoms with Gasteiger partial charge in [-0.05, 0) is 46.2 Å². The number of carbonyl (C=O) groups is 1. The SMILES string of the molecule is CN1C(=N)C[C@](C)(c2cc(-c3cccc(C#N)c3)cs2)C(c2cccs2)C1=O. The van der Waals surface area contributed by atoms with Crippen LogP contribution in [0.3, 0.4) is 0 Å². The van der Waals surface area contributed by atoms with Crippen molar-refractivity contribution in [3.63, 3.8) is 0 Å². The molecule has 0 saturated carbocycles. The smallest absolute Gasteiger partial charge is 0.236 e. The Balaban J connectivity index is 1.79. The molecule has 1 N–H and O–H groups in total. The van der Waals surface area contributed by atoms with Gasteiger partial charge in [0.25, 0.3) is 0 Å². The quantitative estimate of drug-likeness (QED) is 0.648. The normalized spacial score (nSPS) is 22.3. The Bertz CT molecular complexity index is 1090. The molecule has 28 heavy (non-hydrogen) atoms. The third-order valence-electron chi connectivity index (χ3n) is 5.47. The Labute approximate surface area is 172 Å². The molecule has 1 aromatic carbocycles. The molecule has 140 valence electrons. The molecule has 0 aliphatic carbocycles. The number of thiophene rings is 2. The van der Waals surface area contributed by atoms with E-state index in [0.717, 1.165) is 20.9 Å². The molecule has 4 rings (SSSR count). The average molecular weight is 406 g/mol. The highest BCUT2D eigenvalue weighted by molar-refractivity contribution is 7.11. The molecule has 1 unspecified atom stereocenters. The number of likely N-dealkylation sites (N-methyl/N-ethyl adjacent to an activating group) is 1. The van der Waals surface area contributed by atoms with Gasteiger partial charge in [0, 0.05) is 28.6 Å². The van der Waals surface area contributed by atoms with Gasteiger partial charge in [-0.25, -0.2) is 0 Å². The van der Waals surface area contributed by atoms with Crippen molar-refractivity contribution in [2.24, 2.45) is 0 Å². The van der Waals surface area contributed by atoms with Gasteiger partial charge in [0.15, 0.2) is 0 Å². The van der Waals surface area contributed by atoms with Crippen LogP contribution < -0.4 is 0 Å². The summed E-state index contributed by atoms with van der Waals surface area (Å²) in [5, 5.41) is 21.6. The van der Waals surface area contributed by atoms with E-state index in [1.165, 1.54) is 4.90 Å². The van der Waals surface area contributed by atoms with Crippen LogP contribution in [0.5, 0.6) is 0 Å². The first-order valence-corrected chi connectivity index (χ1v) is 10.7. The van der Waals surface area contributed by atoms with Crippen molar-refractivity contribution in [2.75, 3.05) is 7.05 Å². The summed E-state index contributed by atoms with van der Waals surface area (Å²) in [6, 6.07) is 15.8. The summed E-state index contributed by atoms with van der Waals surface area (Å²) >= 11 is 3.22. The first-order chi connectivity index (χ1) is 13.4. The van der Waals surface area contributed by atoms with E-state index in [-0.39, 0.29) is 11.8 Å². The zero-order valence-electron chi connectivity index (χ0n) is 15.6. The molecule has 1 aliphatic rings. The Morgan fingerprint density at radius 2 is 2.04 bits per heavy atom. The fourth-order valence-electron chi connectivity index (χ4n) is 3.84. The largest absolute Gasteiger partial charge is 0.303 e. The summed E-state index contributed by atoms with van der Waals surface area (Å²) in [5.41, 5.74) is 2.19. The Hall–Kier alpha value is -2.75. The van der Waals surface area contributed by atoms with E-state index in [4.69, 9.17) is 5.41 Å². The second-order valence-electron chi connectivity index (χ2n) is 7.28. The molecule has 3 aromatic rings. The second kappa shape index (κ2) is 7.01. The van der Waals surface area contributed by atoms with Crippen molar-refractivity contribution >= 4 is 34.4 Å². The van der Waals surface area contributed by atoms with Crippen LogP contribution in [0.15, 0.2) is 53.2 Å². The maximum absolute atomic E-state index is 13.1. The molecular weight excluding hydrogens is 386 g/mol. The molecule has 3 heterocycles. The summed E-state index contributed by atoms with van der Waals surface area (Å²) in [7, 11) is 1.69. The molecule has 1 fully saturated rings. The molecule has 1 aliphatic heterocycles. The van der Waals surface area contributed by atoms with E-state index in [2.05, 4.69) is 24.4 Å². The second-order valence-corrected chi connectivity index (χ2v) is 9.17. The van der Waals surface area contributed by atoms with Crippen molar-refractivity contribution in [3.05, 3.63) is 68.5 Å². The molecule has 2 aromatic heterocycles. The first-order valence-electron chi connectivity index (χ1n) is 8.92. The minimum Gasteiger partial charge on any atom is -0.303 e. The number of carbonyl (C=O) groups excluding carboxylic acids is 1. The zero-order chi connectivity index (χ0) is 19.9. The molecule has 2 atom stereocenters. The summed E-state index contributed by atoms with van der Waals surface area (Å²) in [6.45, 7) is 2.10. The standard InChI is InChI=1S/C22H19N3OS2/c1-22(11-19(24)25(2)21(26)20(22)17-7-4-8-27-17)18-10-16(13-28-18)15-6-3-5-14(9-15)12-23/h3-10,13,20,24H,11H2,1-2H3/t20?,22-/m1/s1. The van der Waals surface area contributed by atoms with E-state index in [9.17, 15) is 10.1 Å². The van der Waals surface area contributed by atoms with Gasteiger partial charge in [0.05, 0.1) is 17.6 Å². The van der Waals surface area contributed by atoms with Crippen LogP contribution in [0.25, 0.3) is 11.1 Å². The summed E-state index contributed by atoms with van der Waals surface area (Å²) in [4.78, 5) is 16.8. The maximum Gasteiger partial charge on any atom is 0.236 e. The maximum atomic E-state index is 13.1. The zero-order valence-corrected chi connectivity index (χ0v) is 17.2. The number of amides is 1.